The number of alkyl halides is 3. The number of hydrogen-bond donors (Lipinski definition) is 3. The van der Waals surface area contributed by atoms with Crippen molar-refractivity contribution in [3.8, 4) is 16.3 Å². The average Bonchev–Trinajstić information content (AvgIpc) is 3.21. The summed E-state index contributed by atoms with van der Waals surface area (Å²) in [6.45, 7) is 0. The number of benzene rings is 1. The van der Waals surface area contributed by atoms with Crippen LogP contribution in [0.3, 0.4) is 0 Å². The van der Waals surface area contributed by atoms with Crippen LogP contribution in [0, 0.1) is 11.6 Å². The van der Waals surface area contributed by atoms with E-state index < -0.39 is 51.9 Å². The number of halogens is 5. The van der Waals surface area contributed by atoms with Crippen molar-refractivity contribution in [2.24, 2.45) is 5.73 Å². The Morgan fingerprint density at radius 3 is 2.43 bits per heavy atom. The number of carbonyl (C=O) groups is 1. The number of pyridine rings is 1. The number of hydrogen-bond acceptors (Lipinski definition) is 7. The van der Waals surface area contributed by atoms with Crippen LogP contribution in [0.4, 0.5) is 33.3 Å². The second-order valence-electron chi connectivity index (χ2n) is 8.05. The van der Waals surface area contributed by atoms with Gasteiger partial charge in [-0.05, 0) is 43.9 Å². The molecule has 0 unspecified atom stereocenters. The zero-order chi connectivity index (χ0) is 25.3. The summed E-state index contributed by atoms with van der Waals surface area (Å²) in [5.74, 6) is -3.54. The molecule has 2 heterocycles. The van der Waals surface area contributed by atoms with Crippen LogP contribution in [0.25, 0.3) is 11.3 Å². The third kappa shape index (κ3) is 5.35. The predicted molar refractivity (Wildman–Crippen MR) is 120 cm³/mol. The summed E-state index contributed by atoms with van der Waals surface area (Å²) in [5, 5.41) is 2.76. The Kier molecular flexibility index (Phi) is 6.90. The van der Waals surface area contributed by atoms with Crippen molar-refractivity contribution in [2.45, 2.75) is 44.0 Å². The van der Waals surface area contributed by atoms with Gasteiger partial charge in [-0.25, -0.2) is 13.8 Å². The van der Waals surface area contributed by atoms with Gasteiger partial charge < -0.3 is 21.5 Å². The van der Waals surface area contributed by atoms with E-state index in [4.69, 9.17) is 16.2 Å². The molecule has 1 saturated carbocycles. The zero-order valence-corrected chi connectivity index (χ0v) is 18.9. The minimum Gasteiger partial charge on any atom is -0.478 e. The van der Waals surface area contributed by atoms with E-state index in [2.05, 4.69) is 14.7 Å². The first kappa shape index (κ1) is 24.8. The topological polar surface area (TPSA) is 116 Å². The van der Waals surface area contributed by atoms with Crippen LogP contribution >= 0.6 is 11.5 Å². The Balaban J connectivity index is 1.66. The summed E-state index contributed by atoms with van der Waals surface area (Å²) in [4.78, 5) is 16.6. The molecule has 1 amide bonds. The minimum absolute atomic E-state index is 0.109. The Morgan fingerprint density at radius 2 is 1.80 bits per heavy atom. The molecule has 0 radical (unpaired) electrons. The van der Waals surface area contributed by atoms with Gasteiger partial charge in [0.2, 0.25) is 5.06 Å². The van der Waals surface area contributed by atoms with Gasteiger partial charge in [-0.15, -0.1) is 0 Å². The molecule has 7 nitrogen and oxygen atoms in total. The van der Waals surface area contributed by atoms with Crippen molar-refractivity contribution in [3.63, 3.8) is 0 Å². The molecule has 0 saturated heterocycles. The highest BCUT2D eigenvalue weighted by atomic mass is 32.1. The fraction of sp³-hybridized carbons (Fsp3) is 0.318. The SMILES string of the molecule is Nc1cc(C(F)(F)F)c(-c2c(F)cccc2F)nc1C(=O)Nc1cnsc1OC1CCC(N)CC1. The lowest BCUT2D eigenvalue weighted by Gasteiger charge is -2.26. The summed E-state index contributed by atoms with van der Waals surface area (Å²) in [6.07, 6.45) is -0.852. The van der Waals surface area contributed by atoms with Crippen LogP contribution in [0.15, 0.2) is 30.5 Å². The number of ether oxygens (including phenoxy) is 1. The van der Waals surface area contributed by atoms with Crippen LogP contribution in [0.2, 0.25) is 0 Å². The van der Waals surface area contributed by atoms with Crippen LogP contribution in [-0.2, 0) is 6.18 Å². The minimum atomic E-state index is -5.04. The highest BCUT2D eigenvalue weighted by Gasteiger charge is 2.37. The Bertz CT molecular complexity index is 1220. The highest BCUT2D eigenvalue weighted by Crippen LogP contribution is 2.40. The first-order chi connectivity index (χ1) is 16.5. The molecule has 3 aromatic rings. The average molecular weight is 513 g/mol. The maximum Gasteiger partial charge on any atom is 0.418 e. The summed E-state index contributed by atoms with van der Waals surface area (Å²) in [5.41, 5.74) is 6.90. The second-order valence-corrected chi connectivity index (χ2v) is 8.82. The van der Waals surface area contributed by atoms with Gasteiger partial charge in [0.05, 0.1) is 34.8 Å². The summed E-state index contributed by atoms with van der Waals surface area (Å²) >= 11 is 0.977. The molecule has 186 valence electrons. The largest absolute Gasteiger partial charge is 0.478 e. The molecule has 5 N–H and O–H groups in total. The van der Waals surface area contributed by atoms with E-state index in [0.29, 0.717) is 11.1 Å². The normalized spacial score (nSPS) is 18.3. The van der Waals surface area contributed by atoms with Crippen molar-refractivity contribution in [3.05, 3.63) is 53.4 Å². The van der Waals surface area contributed by atoms with Crippen molar-refractivity contribution < 1.29 is 31.5 Å². The number of carbonyl (C=O) groups excluding carboxylic acids is 1. The first-order valence-electron chi connectivity index (χ1n) is 10.5. The van der Waals surface area contributed by atoms with E-state index in [-0.39, 0.29) is 17.8 Å². The summed E-state index contributed by atoms with van der Waals surface area (Å²) in [6, 6.07) is 3.11. The van der Waals surface area contributed by atoms with Gasteiger partial charge in [0.25, 0.3) is 5.91 Å². The zero-order valence-electron chi connectivity index (χ0n) is 18.0. The molecule has 1 aliphatic rings. The van der Waals surface area contributed by atoms with Crippen molar-refractivity contribution >= 4 is 28.8 Å². The van der Waals surface area contributed by atoms with Crippen LogP contribution in [-0.4, -0.2) is 27.4 Å². The molecule has 0 atom stereocenters. The number of nitrogens with two attached hydrogens (primary N) is 2. The van der Waals surface area contributed by atoms with Gasteiger partial charge in [0.1, 0.15) is 17.3 Å². The molecule has 0 aliphatic heterocycles. The van der Waals surface area contributed by atoms with Gasteiger partial charge in [-0.1, -0.05) is 6.07 Å². The van der Waals surface area contributed by atoms with Crippen LogP contribution in [0.5, 0.6) is 5.06 Å². The Morgan fingerprint density at radius 1 is 1.14 bits per heavy atom. The fourth-order valence-electron chi connectivity index (χ4n) is 3.78. The van der Waals surface area contributed by atoms with Gasteiger partial charge in [-0.3, -0.25) is 4.79 Å². The molecule has 1 fully saturated rings. The number of rotatable bonds is 5. The molecule has 35 heavy (non-hydrogen) atoms. The predicted octanol–water partition coefficient (Wildman–Crippen LogP) is 4.99. The standard InChI is InChI=1S/C22H20F5N5O2S/c23-13-2-1-3-14(24)17(13)18-12(22(25,26)27)8-15(29)19(32-18)20(33)31-16-9-30-35-21(16)34-11-6-4-10(28)5-7-11/h1-3,8-11H,4-7,28-29H2,(H,31,33). The molecule has 4 rings (SSSR count). The number of nitrogens with zero attached hydrogens (tertiary/aromatic N) is 2. The van der Waals surface area contributed by atoms with Gasteiger partial charge in [0.15, 0.2) is 5.69 Å². The monoisotopic (exact) mass is 513 g/mol. The lowest BCUT2D eigenvalue weighted by atomic mass is 9.94. The molecule has 0 bridgehead atoms. The molecular weight excluding hydrogens is 493 g/mol. The van der Waals surface area contributed by atoms with Crippen molar-refractivity contribution in [1.82, 2.24) is 9.36 Å². The van der Waals surface area contributed by atoms with Crippen molar-refractivity contribution in [2.75, 3.05) is 11.1 Å². The van der Waals surface area contributed by atoms with Gasteiger partial charge >= 0.3 is 6.18 Å². The molecule has 1 aromatic carbocycles. The van der Waals surface area contributed by atoms with E-state index in [9.17, 15) is 26.7 Å². The quantitative estimate of drug-likeness (QED) is 0.414. The summed E-state index contributed by atoms with van der Waals surface area (Å²) < 4.78 is 79.5. The van der Waals surface area contributed by atoms with Gasteiger partial charge in [-0.2, -0.15) is 17.5 Å². The number of anilines is 2. The molecule has 1 aliphatic carbocycles. The van der Waals surface area contributed by atoms with E-state index in [1.54, 1.807) is 0 Å². The molecule has 13 heteroatoms. The molecular formula is C22H20F5N5O2S. The maximum atomic E-state index is 14.3. The lowest BCUT2D eigenvalue weighted by molar-refractivity contribution is -0.137. The number of aromatic nitrogens is 2. The lowest BCUT2D eigenvalue weighted by Crippen LogP contribution is -2.31. The third-order valence-electron chi connectivity index (χ3n) is 5.55. The smallest absolute Gasteiger partial charge is 0.418 e. The number of nitrogens with one attached hydrogen (secondary N) is 1. The number of amides is 1. The third-order valence-corrected chi connectivity index (χ3v) is 6.24. The fourth-order valence-corrected chi connectivity index (χ4v) is 4.41. The second kappa shape index (κ2) is 9.74. The van der Waals surface area contributed by atoms with Crippen molar-refractivity contribution in [1.29, 1.82) is 0 Å². The maximum absolute atomic E-state index is 14.3. The van der Waals surface area contributed by atoms with E-state index in [1.807, 2.05) is 0 Å². The molecule has 2 aromatic heterocycles. The Hall–Kier alpha value is -3.32. The highest BCUT2D eigenvalue weighted by molar-refractivity contribution is 7.08. The van der Waals surface area contributed by atoms with Crippen LogP contribution in [0.1, 0.15) is 41.7 Å². The summed E-state index contributed by atoms with van der Waals surface area (Å²) in [7, 11) is 0. The van der Waals surface area contributed by atoms with E-state index in [0.717, 1.165) is 55.4 Å². The first-order valence-corrected chi connectivity index (χ1v) is 11.3. The van der Waals surface area contributed by atoms with E-state index >= 15 is 0 Å². The Labute approximate surface area is 200 Å². The number of nitrogen functional groups attached to an aromatic ring is 1. The van der Waals surface area contributed by atoms with E-state index in [1.165, 1.54) is 6.20 Å². The van der Waals surface area contributed by atoms with Crippen LogP contribution < -0.4 is 21.5 Å². The molecule has 0 spiro atoms. The van der Waals surface area contributed by atoms with Gasteiger partial charge in [0, 0.05) is 17.6 Å².